The van der Waals surface area contributed by atoms with Crippen molar-refractivity contribution in [3.63, 3.8) is 0 Å². The molecule has 1 aromatic rings. The maximum atomic E-state index is 12.2. The van der Waals surface area contributed by atoms with Gasteiger partial charge < -0.3 is 15.0 Å². The van der Waals surface area contributed by atoms with Gasteiger partial charge in [0.25, 0.3) is 0 Å². The third kappa shape index (κ3) is 3.63. The van der Waals surface area contributed by atoms with Crippen LogP contribution in [0.1, 0.15) is 12.8 Å². The van der Waals surface area contributed by atoms with Crippen LogP contribution in [0.25, 0.3) is 0 Å². The van der Waals surface area contributed by atoms with Crippen molar-refractivity contribution in [2.75, 3.05) is 25.5 Å². The Labute approximate surface area is 122 Å². The van der Waals surface area contributed by atoms with Crippen LogP contribution in [-0.4, -0.2) is 37.1 Å². The molecule has 2 amide bonds. The van der Waals surface area contributed by atoms with E-state index in [1.807, 2.05) is 0 Å². The summed E-state index contributed by atoms with van der Waals surface area (Å²) < 4.78 is 4.74. The number of amides is 2. The fourth-order valence-corrected chi connectivity index (χ4v) is 2.48. The van der Waals surface area contributed by atoms with Gasteiger partial charge in [0.05, 0.1) is 13.0 Å². The van der Waals surface area contributed by atoms with Crippen molar-refractivity contribution < 1.29 is 14.3 Å². The molecule has 0 spiro atoms. The Kier molecular flexibility index (Phi) is 4.84. The lowest BCUT2D eigenvalue weighted by molar-refractivity contribution is -0.146. The average Bonchev–Trinajstić information content (AvgIpc) is 2.46. The number of rotatable bonds is 2. The van der Waals surface area contributed by atoms with E-state index in [1.54, 1.807) is 29.2 Å². The molecule has 0 bridgehead atoms. The molecule has 5 nitrogen and oxygen atoms in total. The number of carbonyl (C=O) groups is 2. The largest absolute Gasteiger partial charge is 0.469 e. The zero-order chi connectivity index (χ0) is 14.5. The summed E-state index contributed by atoms with van der Waals surface area (Å²) in [5.41, 5.74) is 0.641. The van der Waals surface area contributed by atoms with E-state index in [9.17, 15) is 9.59 Å². The number of nitrogens with one attached hydrogen (secondary N) is 1. The summed E-state index contributed by atoms with van der Waals surface area (Å²) in [6.45, 7) is 1.03. The van der Waals surface area contributed by atoms with Crippen LogP contribution in [0.5, 0.6) is 0 Å². The van der Waals surface area contributed by atoms with Gasteiger partial charge in [0.15, 0.2) is 0 Å². The number of carbonyl (C=O) groups excluding carboxylic acids is 2. The number of urea groups is 1. The summed E-state index contributed by atoms with van der Waals surface area (Å²) in [4.78, 5) is 25.3. The van der Waals surface area contributed by atoms with Gasteiger partial charge in [-0.25, -0.2) is 4.79 Å². The molecule has 0 radical (unpaired) electrons. The third-order valence-corrected chi connectivity index (χ3v) is 3.55. The minimum absolute atomic E-state index is 0.221. The Morgan fingerprint density at radius 1 is 1.45 bits per heavy atom. The molecule has 1 N–H and O–H groups in total. The molecule has 1 aliphatic rings. The minimum atomic E-state index is -0.259. The second kappa shape index (κ2) is 6.61. The highest BCUT2D eigenvalue weighted by atomic mass is 35.5. The van der Waals surface area contributed by atoms with Crippen molar-refractivity contribution in [1.82, 2.24) is 4.90 Å². The van der Waals surface area contributed by atoms with Gasteiger partial charge in [-0.2, -0.15) is 0 Å². The molecule has 1 heterocycles. The van der Waals surface area contributed by atoms with E-state index >= 15 is 0 Å². The Morgan fingerprint density at radius 3 is 2.95 bits per heavy atom. The Morgan fingerprint density at radius 2 is 2.25 bits per heavy atom. The SMILES string of the molecule is COC(=O)C1CCCN(C(=O)Nc2cccc(Cl)c2)C1. The van der Waals surface area contributed by atoms with Crippen LogP contribution < -0.4 is 5.32 Å². The number of anilines is 1. The van der Waals surface area contributed by atoms with E-state index in [2.05, 4.69) is 5.32 Å². The average molecular weight is 297 g/mol. The highest BCUT2D eigenvalue weighted by Crippen LogP contribution is 2.20. The lowest BCUT2D eigenvalue weighted by Crippen LogP contribution is -2.44. The van der Waals surface area contributed by atoms with Crippen LogP contribution in [0.3, 0.4) is 0 Å². The predicted octanol–water partition coefficient (Wildman–Crippen LogP) is 2.76. The number of methoxy groups -OCH3 is 1. The number of hydrogen-bond acceptors (Lipinski definition) is 3. The quantitative estimate of drug-likeness (QED) is 0.854. The van der Waals surface area contributed by atoms with Crippen LogP contribution in [0.2, 0.25) is 5.02 Å². The topological polar surface area (TPSA) is 58.6 Å². The lowest BCUT2D eigenvalue weighted by atomic mass is 9.98. The van der Waals surface area contributed by atoms with Gasteiger partial charge in [-0.3, -0.25) is 4.79 Å². The van der Waals surface area contributed by atoms with Gasteiger partial charge in [0.2, 0.25) is 0 Å². The molecule has 108 valence electrons. The molecule has 1 unspecified atom stereocenters. The molecule has 1 atom stereocenters. The fourth-order valence-electron chi connectivity index (χ4n) is 2.29. The number of benzene rings is 1. The first-order chi connectivity index (χ1) is 9.60. The number of ether oxygens (including phenoxy) is 1. The number of likely N-dealkylation sites (tertiary alicyclic amines) is 1. The second-order valence-electron chi connectivity index (χ2n) is 4.75. The maximum absolute atomic E-state index is 12.2. The van der Waals surface area contributed by atoms with E-state index in [0.717, 1.165) is 12.8 Å². The van der Waals surface area contributed by atoms with Gasteiger partial charge in [-0.1, -0.05) is 17.7 Å². The molecule has 0 saturated carbocycles. The molecule has 1 aromatic carbocycles. The van der Waals surface area contributed by atoms with E-state index < -0.39 is 0 Å². The molecule has 1 fully saturated rings. The Bertz CT molecular complexity index is 507. The molecular weight excluding hydrogens is 280 g/mol. The zero-order valence-corrected chi connectivity index (χ0v) is 12.0. The summed E-state index contributed by atoms with van der Waals surface area (Å²) in [6, 6.07) is 6.74. The monoisotopic (exact) mass is 296 g/mol. The molecule has 0 aromatic heterocycles. The smallest absolute Gasteiger partial charge is 0.321 e. The van der Waals surface area contributed by atoms with Crippen molar-refractivity contribution in [3.05, 3.63) is 29.3 Å². The summed E-state index contributed by atoms with van der Waals surface area (Å²) in [5, 5.41) is 3.34. The van der Waals surface area contributed by atoms with Crippen molar-refractivity contribution in [2.24, 2.45) is 5.92 Å². The van der Waals surface area contributed by atoms with E-state index in [4.69, 9.17) is 16.3 Å². The van der Waals surface area contributed by atoms with E-state index in [1.165, 1.54) is 7.11 Å². The molecule has 0 aliphatic carbocycles. The lowest BCUT2D eigenvalue weighted by Gasteiger charge is -2.31. The predicted molar refractivity (Wildman–Crippen MR) is 76.8 cm³/mol. The van der Waals surface area contributed by atoms with Gasteiger partial charge in [0, 0.05) is 23.8 Å². The first-order valence-electron chi connectivity index (χ1n) is 6.49. The fraction of sp³-hybridized carbons (Fsp3) is 0.429. The highest BCUT2D eigenvalue weighted by Gasteiger charge is 2.28. The normalized spacial score (nSPS) is 18.5. The van der Waals surface area contributed by atoms with Crippen LogP contribution in [-0.2, 0) is 9.53 Å². The number of hydrogen-bond donors (Lipinski definition) is 1. The Hall–Kier alpha value is -1.75. The summed E-state index contributed by atoms with van der Waals surface area (Å²) in [7, 11) is 1.37. The maximum Gasteiger partial charge on any atom is 0.321 e. The van der Waals surface area contributed by atoms with Crippen LogP contribution in [0.4, 0.5) is 10.5 Å². The van der Waals surface area contributed by atoms with Gasteiger partial charge in [-0.05, 0) is 31.0 Å². The highest BCUT2D eigenvalue weighted by molar-refractivity contribution is 6.30. The number of halogens is 1. The Balaban J connectivity index is 1.97. The van der Waals surface area contributed by atoms with Gasteiger partial charge in [0.1, 0.15) is 0 Å². The molecular formula is C14H17ClN2O3. The molecule has 6 heteroatoms. The standard InChI is InChI=1S/C14H17ClN2O3/c1-20-13(18)10-4-3-7-17(9-10)14(19)16-12-6-2-5-11(15)8-12/h2,5-6,8,10H,3-4,7,9H2,1H3,(H,16,19). The number of esters is 1. The van der Waals surface area contributed by atoms with Gasteiger partial charge in [-0.15, -0.1) is 0 Å². The van der Waals surface area contributed by atoms with Crippen molar-refractivity contribution in [1.29, 1.82) is 0 Å². The van der Waals surface area contributed by atoms with Crippen molar-refractivity contribution >= 4 is 29.3 Å². The first-order valence-corrected chi connectivity index (χ1v) is 6.87. The number of piperidine rings is 1. The molecule has 1 aliphatic heterocycles. The van der Waals surface area contributed by atoms with Crippen LogP contribution in [0, 0.1) is 5.92 Å². The van der Waals surface area contributed by atoms with Crippen molar-refractivity contribution in [2.45, 2.75) is 12.8 Å². The minimum Gasteiger partial charge on any atom is -0.469 e. The van der Waals surface area contributed by atoms with Gasteiger partial charge >= 0.3 is 12.0 Å². The molecule has 2 rings (SSSR count). The summed E-state index contributed by atoms with van der Waals surface area (Å²) in [6.07, 6.45) is 1.55. The second-order valence-corrected chi connectivity index (χ2v) is 5.19. The summed E-state index contributed by atoms with van der Waals surface area (Å²) >= 11 is 5.87. The zero-order valence-electron chi connectivity index (χ0n) is 11.3. The van der Waals surface area contributed by atoms with E-state index in [0.29, 0.717) is 23.8 Å². The van der Waals surface area contributed by atoms with Crippen molar-refractivity contribution in [3.8, 4) is 0 Å². The molecule has 1 saturated heterocycles. The summed E-state index contributed by atoms with van der Waals surface area (Å²) in [5.74, 6) is -0.496. The van der Waals surface area contributed by atoms with Crippen LogP contribution >= 0.6 is 11.6 Å². The first kappa shape index (κ1) is 14.7. The van der Waals surface area contributed by atoms with Crippen LogP contribution in [0.15, 0.2) is 24.3 Å². The van der Waals surface area contributed by atoms with E-state index in [-0.39, 0.29) is 17.9 Å². The third-order valence-electron chi connectivity index (χ3n) is 3.32. The molecule has 20 heavy (non-hydrogen) atoms. The number of nitrogens with zero attached hydrogens (tertiary/aromatic N) is 1.